The molecule has 1 amide bonds. The number of likely N-dealkylation sites (N-methyl/N-ethyl adjacent to an activating group) is 1. The van der Waals surface area contributed by atoms with E-state index in [1.807, 2.05) is 4.90 Å². The second kappa shape index (κ2) is 4.53. The first-order chi connectivity index (χ1) is 9.09. The van der Waals surface area contributed by atoms with Crippen molar-refractivity contribution in [3.63, 3.8) is 0 Å². The number of anilines is 2. The Labute approximate surface area is 114 Å². The van der Waals surface area contributed by atoms with E-state index >= 15 is 0 Å². The third kappa shape index (κ3) is 1.91. The molecule has 1 aromatic rings. The standard InChI is InChI=1S/C15H21N3O/c1-10(2)12-5-4-6-13-15(12)18-11(9-17(13)3)7-16-8-14(18)19/h4-6,10-11,16H,7-9H2,1-3H3. The van der Waals surface area contributed by atoms with E-state index in [0.717, 1.165) is 18.8 Å². The van der Waals surface area contributed by atoms with Crippen LogP contribution in [-0.2, 0) is 4.79 Å². The third-order valence-electron chi connectivity index (χ3n) is 4.09. The van der Waals surface area contributed by atoms with Gasteiger partial charge in [0.15, 0.2) is 0 Å². The Morgan fingerprint density at radius 3 is 2.89 bits per heavy atom. The van der Waals surface area contributed by atoms with Crippen molar-refractivity contribution in [2.75, 3.05) is 36.5 Å². The summed E-state index contributed by atoms with van der Waals surface area (Å²) in [6.45, 7) is 6.60. The largest absolute Gasteiger partial charge is 0.371 e. The van der Waals surface area contributed by atoms with Crippen LogP contribution in [-0.4, -0.2) is 38.6 Å². The highest BCUT2D eigenvalue weighted by atomic mass is 16.2. The molecule has 0 aromatic heterocycles. The summed E-state index contributed by atoms with van der Waals surface area (Å²) in [6, 6.07) is 6.61. The summed E-state index contributed by atoms with van der Waals surface area (Å²) in [6.07, 6.45) is 0. The molecule has 4 nitrogen and oxygen atoms in total. The molecule has 1 unspecified atom stereocenters. The molecule has 1 saturated heterocycles. The Morgan fingerprint density at radius 2 is 2.16 bits per heavy atom. The summed E-state index contributed by atoms with van der Waals surface area (Å²) in [5.74, 6) is 0.614. The quantitative estimate of drug-likeness (QED) is 0.831. The summed E-state index contributed by atoms with van der Waals surface area (Å²) < 4.78 is 0. The van der Waals surface area contributed by atoms with Gasteiger partial charge in [0.05, 0.1) is 24.0 Å². The van der Waals surface area contributed by atoms with Gasteiger partial charge in [-0.1, -0.05) is 26.0 Å². The second-order valence-electron chi connectivity index (χ2n) is 5.80. The number of nitrogens with one attached hydrogen (secondary N) is 1. The van der Waals surface area contributed by atoms with Crippen LogP contribution in [0.3, 0.4) is 0 Å². The molecule has 0 radical (unpaired) electrons. The number of amides is 1. The van der Waals surface area contributed by atoms with Gasteiger partial charge in [0.25, 0.3) is 0 Å². The fourth-order valence-corrected chi connectivity index (χ4v) is 3.18. The highest BCUT2D eigenvalue weighted by Gasteiger charge is 2.37. The highest BCUT2D eigenvalue weighted by molar-refractivity contribution is 6.01. The van der Waals surface area contributed by atoms with Crippen LogP contribution < -0.4 is 15.1 Å². The van der Waals surface area contributed by atoms with Gasteiger partial charge in [0.1, 0.15) is 0 Å². The predicted octanol–water partition coefficient (Wildman–Crippen LogP) is 1.56. The van der Waals surface area contributed by atoms with Crippen molar-refractivity contribution in [2.45, 2.75) is 25.8 Å². The Kier molecular flexibility index (Phi) is 2.97. The molecule has 2 heterocycles. The summed E-state index contributed by atoms with van der Waals surface area (Å²) in [5, 5.41) is 3.22. The van der Waals surface area contributed by atoms with Crippen molar-refractivity contribution in [2.24, 2.45) is 0 Å². The van der Waals surface area contributed by atoms with Crippen LogP contribution in [0.4, 0.5) is 11.4 Å². The average Bonchev–Trinajstić information content (AvgIpc) is 2.38. The Morgan fingerprint density at radius 1 is 1.37 bits per heavy atom. The zero-order valence-electron chi connectivity index (χ0n) is 11.8. The van der Waals surface area contributed by atoms with Crippen LogP contribution in [0.15, 0.2) is 18.2 Å². The van der Waals surface area contributed by atoms with E-state index in [2.05, 4.69) is 49.3 Å². The fourth-order valence-electron chi connectivity index (χ4n) is 3.18. The van der Waals surface area contributed by atoms with Gasteiger partial charge in [-0.15, -0.1) is 0 Å². The minimum absolute atomic E-state index is 0.193. The zero-order chi connectivity index (χ0) is 13.6. The van der Waals surface area contributed by atoms with E-state index in [1.54, 1.807) is 0 Å². The summed E-state index contributed by atoms with van der Waals surface area (Å²) >= 11 is 0. The Balaban J connectivity index is 2.17. The molecule has 0 bridgehead atoms. The first kappa shape index (κ1) is 12.5. The number of piperazine rings is 1. The van der Waals surface area contributed by atoms with Gasteiger partial charge in [-0.2, -0.15) is 0 Å². The van der Waals surface area contributed by atoms with Gasteiger partial charge < -0.3 is 15.1 Å². The summed E-state index contributed by atoms with van der Waals surface area (Å²) in [7, 11) is 2.11. The molecule has 0 aliphatic carbocycles. The molecule has 3 rings (SSSR count). The van der Waals surface area contributed by atoms with Gasteiger partial charge >= 0.3 is 0 Å². The fraction of sp³-hybridized carbons (Fsp3) is 0.533. The highest BCUT2D eigenvalue weighted by Crippen LogP contribution is 2.41. The molecule has 102 valence electrons. The number of hydrogen-bond donors (Lipinski definition) is 1. The van der Waals surface area contributed by atoms with Crippen molar-refractivity contribution < 1.29 is 4.79 Å². The maximum atomic E-state index is 12.3. The van der Waals surface area contributed by atoms with Gasteiger partial charge in [-0.3, -0.25) is 4.79 Å². The molecular weight excluding hydrogens is 238 g/mol. The number of carbonyl (C=O) groups is 1. The molecular formula is C15H21N3O. The number of fused-ring (bicyclic) bond motifs is 3. The SMILES string of the molecule is CC(C)c1cccc2c1N1C(=O)CNCC1CN2C. The molecule has 0 saturated carbocycles. The van der Waals surface area contributed by atoms with Crippen LogP contribution in [0, 0.1) is 0 Å². The maximum Gasteiger partial charge on any atom is 0.241 e. The molecule has 0 spiro atoms. The number of carbonyl (C=O) groups excluding carboxylic acids is 1. The van der Waals surface area contributed by atoms with Gasteiger partial charge in [0, 0.05) is 20.1 Å². The van der Waals surface area contributed by atoms with Crippen LogP contribution in [0.25, 0.3) is 0 Å². The lowest BCUT2D eigenvalue weighted by Gasteiger charge is -2.45. The molecule has 2 aliphatic rings. The van der Waals surface area contributed by atoms with E-state index in [4.69, 9.17) is 0 Å². The topological polar surface area (TPSA) is 35.6 Å². The van der Waals surface area contributed by atoms with Crippen molar-refractivity contribution in [3.8, 4) is 0 Å². The summed E-state index contributed by atoms with van der Waals surface area (Å²) in [5.41, 5.74) is 3.57. The normalized spacial score (nSPS) is 22.5. The lowest BCUT2D eigenvalue weighted by Crippen LogP contribution is -2.61. The molecule has 1 atom stereocenters. The number of rotatable bonds is 1. The second-order valence-corrected chi connectivity index (χ2v) is 5.80. The van der Waals surface area contributed by atoms with E-state index in [-0.39, 0.29) is 11.9 Å². The molecule has 1 fully saturated rings. The van der Waals surface area contributed by atoms with Crippen LogP contribution in [0.5, 0.6) is 0 Å². The molecule has 1 aromatic carbocycles. The Hall–Kier alpha value is -1.55. The van der Waals surface area contributed by atoms with Crippen molar-refractivity contribution in [1.82, 2.24) is 5.32 Å². The maximum absolute atomic E-state index is 12.3. The van der Waals surface area contributed by atoms with Crippen molar-refractivity contribution >= 4 is 17.3 Å². The molecule has 19 heavy (non-hydrogen) atoms. The zero-order valence-corrected chi connectivity index (χ0v) is 11.8. The first-order valence-corrected chi connectivity index (χ1v) is 6.96. The number of hydrogen-bond acceptors (Lipinski definition) is 3. The molecule has 4 heteroatoms. The lowest BCUT2D eigenvalue weighted by molar-refractivity contribution is -0.119. The predicted molar refractivity (Wildman–Crippen MR) is 77.9 cm³/mol. The van der Waals surface area contributed by atoms with Crippen LogP contribution in [0.2, 0.25) is 0 Å². The van der Waals surface area contributed by atoms with Crippen LogP contribution >= 0.6 is 0 Å². The first-order valence-electron chi connectivity index (χ1n) is 6.96. The molecule has 2 aliphatic heterocycles. The van der Waals surface area contributed by atoms with Gasteiger partial charge in [-0.05, 0) is 17.5 Å². The smallest absolute Gasteiger partial charge is 0.241 e. The van der Waals surface area contributed by atoms with Gasteiger partial charge in [0.2, 0.25) is 5.91 Å². The lowest BCUT2D eigenvalue weighted by atomic mass is 9.95. The van der Waals surface area contributed by atoms with Gasteiger partial charge in [-0.25, -0.2) is 0 Å². The van der Waals surface area contributed by atoms with E-state index in [9.17, 15) is 4.79 Å². The van der Waals surface area contributed by atoms with Crippen molar-refractivity contribution in [3.05, 3.63) is 23.8 Å². The number of benzene rings is 1. The van der Waals surface area contributed by atoms with E-state index in [1.165, 1.54) is 11.3 Å². The average molecular weight is 259 g/mol. The minimum atomic E-state index is 0.193. The minimum Gasteiger partial charge on any atom is -0.371 e. The monoisotopic (exact) mass is 259 g/mol. The van der Waals surface area contributed by atoms with E-state index in [0.29, 0.717) is 12.5 Å². The Bertz CT molecular complexity index is 498. The third-order valence-corrected chi connectivity index (χ3v) is 4.09. The van der Waals surface area contributed by atoms with Crippen molar-refractivity contribution in [1.29, 1.82) is 0 Å². The van der Waals surface area contributed by atoms with Crippen LogP contribution in [0.1, 0.15) is 25.3 Å². The van der Waals surface area contributed by atoms with E-state index < -0.39 is 0 Å². The summed E-state index contributed by atoms with van der Waals surface area (Å²) in [4.78, 5) is 16.6. The number of para-hydroxylation sites is 1. The number of nitrogens with zero attached hydrogens (tertiary/aromatic N) is 2. The molecule has 1 N–H and O–H groups in total.